The Bertz CT molecular complexity index is 1210. The standard InChI is InChI=1S/C39H67NO4Si2/c1-29(28-42-45(13,14)38(7,8)9)35(34(36(41)43-37(4,5)6)31(3)44-46(15,16)39(10,11)12)40(27-32-23-19-17-20-24-32)30(2)33-25-21-18-22-26-33/h17-26,29-31,34-35H,27-28H2,1-16H3/t29-,30+,31+,34+,35+/m0/s1. The quantitative estimate of drug-likeness (QED) is 0.148. The van der Waals surface area contributed by atoms with Gasteiger partial charge in [0.15, 0.2) is 16.6 Å². The molecule has 0 aliphatic carbocycles. The largest absolute Gasteiger partial charge is 0.460 e. The minimum absolute atomic E-state index is 0.00647. The highest BCUT2D eigenvalue weighted by Gasteiger charge is 2.48. The molecule has 0 spiro atoms. The first kappa shape index (κ1) is 40.4. The molecule has 0 bridgehead atoms. The van der Waals surface area contributed by atoms with Crippen LogP contribution in [-0.2, 0) is 24.9 Å². The molecular formula is C39H67NO4Si2. The first-order valence-corrected chi connectivity index (χ1v) is 23.1. The second-order valence-corrected chi connectivity index (χ2v) is 27.0. The zero-order chi connectivity index (χ0) is 35.3. The van der Waals surface area contributed by atoms with Crippen LogP contribution in [0.2, 0.25) is 36.3 Å². The number of hydrogen-bond acceptors (Lipinski definition) is 5. The summed E-state index contributed by atoms with van der Waals surface area (Å²) in [6.07, 6.45) is -0.364. The van der Waals surface area contributed by atoms with E-state index in [2.05, 4.69) is 154 Å². The van der Waals surface area contributed by atoms with Crippen molar-refractivity contribution in [3.63, 3.8) is 0 Å². The summed E-state index contributed by atoms with van der Waals surface area (Å²) in [7, 11) is -4.30. The molecule has 2 rings (SSSR count). The van der Waals surface area contributed by atoms with Gasteiger partial charge in [-0.25, -0.2) is 0 Å². The molecular weight excluding hydrogens is 603 g/mol. The molecule has 0 unspecified atom stereocenters. The van der Waals surface area contributed by atoms with E-state index in [9.17, 15) is 4.79 Å². The number of rotatable bonds is 14. The average Bonchev–Trinajstić information content (AvgIpc) is 2.91. The molecule has 7 heteroatoms. The fourth-order valence-corrected chi connectivity index (χ4v) is 8.00. The number of benzene rings is 2. The Morgan fingerprint density at radius 1 is 0.739 bits per heavy atom. The van der Waals surface area contributed by atoms with Crippen molar-refractivity contribution in [1.82, 2.24) is 4.90 Å². The van der Waals surface area contributed by atoms with Gasteiger partial charge in [0.05, 0.1) is 12.0 Å². The van der Waals surface area contributed by atoms with Crippen LogP contribution in [-0.4, -0.2) is 51.9 Å². The molecule has 2 aromatic carbocycles. The smallest absolute Gasteiger partial charge is 0.313 e. The van der Waals surface area contributed by atoms with E-state index < -0.39 is 28.2 Å². The van der Waals surface area contributed by atoms with Crippen molar-refractivity contribution in [1.29, 1.82) is 0 Å². The van der Waals surface area contributed by atoms with E-state index in [1.165, 1.54) is 11.1 Å². The molecule has 0 aromatic heterocycles. The maximum absolute atomic E-state index is 14.6. The maximum Gasteiger partial charge on any atom is 0.313 e. The third-order valence-corrected chi connectivity index (χ3v) is 19.4. The third-order valence-electron chi connectivity index (χ3n) is 10.3. The van der Waals surface area contributed by atoms with E-state index in [-0.39, 0.29) is 40.2 Å². The molecule has 0 fully saturated rings. The van der Waals surface area contributed by atoms with E-state index in [0.29, 0.717) is 13.2 Å². The van der Waals surface area contributed by atoms with E-state index in [0.717, 1.165) is 0 Å². The number of nitrogens with zero attached hydrogens (tertiary/aromatic N) is 1. The Kier molecular flexibility index (Phi) is 13.7. The van der Waals surface area contributed by atoms with Crippen LogP contribution in [0, 0.1) is 11.8 Å². The second kappa shape index (κ2) is 15.6. The Hall–Kier alpha value is -1.78. The van der Waals surface area contributed by atoms with Gasteiger partial charge in [0.1, 0.15) is 5.60 Å². The first-order chi connectivity index (χ1) is 20.9. The van der Waals surface area contributed by atoms with Gasteiger partial charge in [-0.2, -0.15) is 0 Å². The molecule has 0 heterocycles. The van der Waals surface area contributed by atoms with Gasteiger partial charge >= 0.3 is 5.97 Å². The molecule has 46 heavy (non-hydrogen) atoms. The Balaban J connectivity index is 2.82. The monoisotopic (exact) mass is 669 g/mol. The molecule has 2 aromatic rings. The van der Waals surface area contributed by atoms with Gasteiger partial charge in [-0.1, -0.05) is 109 Å². The molecule has 0 saturated carbocycles. The lowest BCUT2D eigenvalue weighted by molar-refractivity contribution is -0.169. The molecule has 0 N–H and O–H groups in total. The number of esters is 1. The fourth-order valence-electron chi connectivity index (χ4n) is 5.45. The first-order valence-electron chi connectivity index (χ1n) is 17.3. The summed E-state index contributed by atoms with van der Waals surface area (Å²) in [6.45, 7) is 36.4. The van der Waals surface area contributed by atoms with Crippen LogP contribution >= 0.6 is 0 Å². The van der Waals surface area contributed by atoms with E-state index in [1.807, 2.05) is 20.8 Å². The molecule has 5 nitrogen and oxygen atoms in total. The van der Waals surface area contributed by atoms with E-state index >= 15 is 0 Å². The second-order valence-electron chi connectivity index (χ2n) is 17.4. The highest BCUT2D eigenvalue weighted by atomic mass is 28.4. The Labute approximate surface area is 285 Å². The Morgan fingerprint density at radius 2 is 1.22 bits per heavy atom. The molecule has 0 aliphatic rings. The van der Waals surface area contributed by atoms with Gasteiger partial charge in [0, 0.05) is 25.2 Å². The zero-order valence-corrected chi connectivity index (χ0v) is 34.2. The number of ether oxygens (including phenoxy) is 1. The summed E-state index contributed by atoms with van der Waals surface area (Å²) >= 11 is 0. The lowest BCUT2D eigenvalue weighted by atomic mass is 9.83. The van der Waals surface area contributed by atoms with Crippen LogP contribution in [0.15, 0.2) is 60.7 Å². The summed E-state index contributed by atoms with van der Waals surface area (Å²) in [5.74, 6) is -0.741. The number of carbonyl (C=O) groups excluding carboxylic acids is 1. The summed E-state index contributed by atoms with van der Waals surface area (Å²) in [6, 6.07) is 21.0. The van der Waals surface area contributed by atoms with E-state index in [1.54, 1.807) is 0 Å². The fraction of sp³-hybridized carbons (Fsp3) is 0.667. The van der Waals surface area contributed by atoms with Crippen LogP contribution in [0.5, 0.6) is 0 Å². The molecule has 260 valence electrons. The highest BCUT2D eigenvalue weighted by molar-refractivity contribution is 6.74. The number of carbonyl (C=O) groups is 1. The lowest BCUT2D eigenvalue weighted by Crippen LogP contribution is -2.57. The molecule has 0 saturated heterocycles. The van der Waals surface area contributed by atoms with Gasteiger partial charge in [0.2, 0.25) is 0 Å². The molecule has 0 aliphatic heterocycles. The molecule has 0 radical (unpaired) electrons. The zero-order valence-electron chi connectivity index (χ0n) is 32.2. The Morgan fingerprint density at radius 3 is 1.67 bits per heavy atom. The van der Waals surface area contributed by atoms with Crippen LogP contribution in [0.4, 0.5) is 0 Å². The summed E-state index contributed by atoms with van der Waals surface area (Å²) in [4.78, 5) is 17.1. The van der Waals surface area contributed by atoms with Crippen molar-refractivity contribution in [2.75, 3.05) is 6.61 Å². The third kappa shape index (κ3) is 11.1. The summed E-state index contributed by atoms with van der Waals surface area (Å²) < 4.78 is 20.3. The average molecular weight is 670 g/mol. The van der Waals surface area contributed by atoms with Crippen molar-refractivity contribution in [2.24, 2.45) is 11.8 Å². The maximum atomic E-state index is 14.6. The number of hydrogen-bond donors (Lipinski definition) is 0. The van der Waals surface area contributed by atoms with Crippen molar-refractivity contribution >= 4 is 22.6 Å². The van der Waals surface area contributed by atoms with Crippen molar-refractivity contribution in [2.45, 2.75) is 150 Å². The molecule has 5 atom stereocenters. The van der Waals surface area contributed by atoms with Crippen LogP contribution in [0.1, 0.15) is 100 Å². The SMILES string of the molecule is C[C@H](c1ccccc1)N(Cc1ccccc1)[C@@H]([C@H](C(=O)OC(C)(C)C)[C@@H](C)O[Si](C)(C)C(C)(C)C)[C@@H](C)CO[Si](C)(C)C(C)(C)C. The molecule has 0 amide bonds. The highest BCUT2D eigenvalue weighted by Crippen LogP contribution is 2.42. The van der Waals surface area contributed by atoms with Crippen molar-refractivity contribution in [3.05, 3.63) is 71.8 Å². The normalized spacial score (nSPS) is 16.9. The van der Waals surface area contributed by atoms with Gasteiger partial charge in [0.25, 0.3) is 0 Å². The van der Waals surface area contributed by atoms with Gasteiger partial charge in [-0.15, -0.1) is 0 Å². The predicted molar refractivity (Wildman–Crippen MR) is 200 cm³/mol. The topological polar surface area (TPSA) is 48.0 Å². The minimum Gasteiger partial charge on any atom is -0.460 e. The predicted octanol–water partition coefficient (Wildman–Crippen LogP) is 10.6. The van der Waals surface area contributed by atoms with Gasteiger partial charge in [-0.3, -0.25) is 9.69 Å². The van der Waals surface area contributed by atoms with Crippen LogP contribution in [0.3, 0.4) is 0 Å². The van der Waals surface area contributed by atoms with Gasteiger partial charge < -0.3 is 13.6 Å². The van der Waals surface area contributed by atoms with Gasteiger partial charge in [-0.05, 0) is 87.9 Å². The van der Waals surface area contributed by atoms with Crippen molar-refractivity contribution in [3.8, 4) is 0 Å². The van der Waals surface area contributed by atoms with Crippen LogP contribution < -0.4 is 0 Å². The van der Waals surface area contributed by atoms with Crippen molar-refractivity contribution < 1.29 is 18.4 Å². The van der Waals surface area contributed by atoms with Crippen LogP contribution in [0.25, 0.3) is 0 Å². The lowest BCUT2D eigenvalue weighted by Gasteiger charge is -2.48. The van der Waals surface area contributed by atoms with E-state index in [4.69, 9.17) is 13.6 Å². The summed E-state index contributed by atoms with van der Waals surface area (Å²) in [5, 5.41) is 0.0694. The summed E-state index contributed by atoms with van der Waals surface area (Å²) in [5.41, 5.74) is 1.78. The minimum atomic E-state index is -2.24.